The van der Waals surface area contributed by atoms with Gasteiger partial charge in [-0.25, -0.2) is 9.97 Å². The first-order chi connectivity index (χ1) is 11.6. The second-order valence-electron chi connectivity index (χ2n) is 6.06. The summed E-state index contributed by atoms with van der Waals surface area (Å²) in [4.78, 5) is 22.5. The van der Waals surface area contributed by atoms with Gasteiger partial charge in [-0.1, -0.05) is 0 Å². The van der Waals surface area contributed by atoms with Crippen LogP contribution in [0, 0.1) is 13.8 Å². The van der Waals surface area contributed by atoms with Crippen molar-refractivity contribution in [3.8, 4) is 10.8 Å². The maximum atomic E-state index is 12.6. The Balaban J connectivity index is 1.49. The first-order valence-corrected chi connectivity index (χ1v) is 8.76. The van der Waals surface area contributed by atoms with E-state index >= 15 is 0 Å². The molecule has 0 spiro atoms. The monoisotopic (exact) mass is 342 g/mol. The molecule has 1 atom stereocenters. The average molecular weight is 342 g/mol. The van der Waals surface area contributed by atoms with E-state index < -0.39 is 0 Å². The number of carbonyl (C=O) groups is 1. The van der Waals surface area contributed by atoms with Gasteiger partial charge in [0, 0.05) is 30.1 Å². The first-order valence-electron chi connectivity index (χ1n) is 7.95. The molecule has 1 aliphatic heterocycles. The number of furan rings is 1. The van der Waals surface area contributed by atoms with E-state index in [0.717, 1.165) is 40.8 Å². The van der Waals surface area contributed by atoms with Gasteiger partial charge in [-0.05, 0) is 32.4 Å². The number of nitrogens with zero attached hydrogens (tertiary/aromatic N) is 3. The van der Waals surface area contributed by atoms with E-state index in [1.807, 2.05) is 32.2 Å². The summed E-state index contributed by atoms with van der Waals surface area (Å²) in [5, 5.41) is 3.85. The van der Waals surface area contributed by atoms with E-state index in [1.165, 1.54) is 11.3 Å². The lowest BCUT2D eigenvalue weighted by atomic mass is 10.1. The lowest BCUT2D eigenvalue weighted by Gasteiger charge is -2.24. The van der Waals surface area contributed by atoms with Crippen LogP contribution in [-0.2, 0) is 13.0 Å². The van der Waals surface area contributed by atoms with Crippen LogP contribution in [0.2, 0.25) is 0 Å². The zero-order valence-corrected chi connectivity index (χ0v) is 14.4. The Morgan fingerprint density at radius 3 is 3.08 bits per heavy atom. The number of aromatic nitrogens is 3. The van der Waals surface area contributed by atoms with Crippen LogP contribution in [0.25, 0.3) is 10.8 Å². The molecule has 1 amide bonds. The van der Waals surface area contributed by atoms with Crippen LogP contribution in [0.5, 0.6) is 0 Å². The lowest BCUT2D eigenvalue weighted by Crippen LogP contribution is -2.41. The smallest absolute Gasteiger partial charge is 0.271 e. The van der Waals surface area contributed by atoms with Crippen LogP contribution in [0.1, 0.15) is 33.3 Å². The van der Waals surface area contributed by atoms with Crippen molar-refractivity contribution < 1.29 is 9.21 Å². The maximum absolute atomic E-state index is 12.6. The molecule has 1 aliphatic rings. The molecule has 3 aromatic heterocycles. The summed E-state index contributed by atoms with van der Waals surface area (Å²) in [7, 11) is 0. The van der Waals surface area contributed by atoms with Gasteiger partial charge in [0.15, 0.2) is 10.8 Å². The van der Waals surface area contributed by atoms with Crippen LogP contribution in [0.4, 0.5) is 0 Å². The Bertz CT molecular complexity index is 879. The summed E-state index contributed by atoms with van der Waals surface area (Å²) in [6.07, 6.45) is 5.43. The number of amides is 1. The number of carbonyl (C=O) groups excluding carboxylic acids is 1. The van der Waals surface area contributed by atoms with Gasteiger partial charge in [-0.2, -0.15) is 0 Å². The zero-order valence-electron chi connectivity index (χ0n) is 13.6. The molecular weight excluding hydrogens is 324 g/mol. The third kappa shape index (κ3) is 2.75. The molecule has 0 aliphatic carbocycles. The van der Waals surface area contributed by atoms with Crippen LogP contribution < -0.4 is 5.32 Å². The van der Waals surface area contributed by atoms with Gasteiger partial charge in [-0.15, -0.1) is 11.3 Å². The fraction of sp³-hybridized carbons (Fsp3) is 0.353. The van der Waals surface area contributed by atoms with Crippen molar-refractivity contribution in [2.75, 3.05) is 0 Å². The molecular formula is C17H18N4O2S. The Morgan fingerprint density at radius 2 is 2.29 bits per heavy atom. The lowest BCUT2D eigenvalue weighted by molar-refractivity contribution is 0.0922. The summed E-state index contributed by atoms with van der Waals surface area (Å²) in [6.45, 7) is 4.67. The molecule has 3 aromatic rings. The van der Waals surface area contributed by atoms with E-state index in [4.69, 9.17) is 4.42 Å². The molecule has 7 heteroatoms. The predicted octanol–water partition coefficient (Wildman–Crippen LogP) is 2.96. The predicted molar refractivity (Wildman–Crippen MR) is 91.1 cm³/mol. The van der Waals surface area contributed by atoms with Crippen LogP contribution in [0.3, 0.4) is 0 Å². The summed E-state index contributed by atoms with van der Waals surface area (Å²) in [5.74, 6) is 1.67. The van der Waals surface area contributed by atoms with E-state index in [-0.39, 0.29) is 11.9 Å². The van der Waals surface area contributed by atoms with Gasteiger partial charge in [-0.3, -0.25) is 4.79 Å². The van der Waals surface area contributed by atoms with Crippen molar-refractivity contribution >= 4 is 17.2 Å². The van der Waals surface area contributed by atoms with Gasteiger partial charge in [0.2, 0.25) is 0 Å². The molecule has 0 radical (unpaired) electrons. The second-order valence-corrected chi connectivity index (χ2v) is 7.26. The third-order valence-corrected chi connectivity index (χ3v) is 5.18. The molecule has 6 nitrogen and oxygen atoms in total. The van der Waals surface area contributed by atoms with Crippen molar-refractivity contribution in [1.82, 2.24) is 19.9 Å². The van der Waals surface area contributed by atoms with Gasteiger partial charge >= 0.3 is 0 Å². The number of imidazole rings is 1. The largest absolute Gasteiger partial charge is 0.462 e. The molecule has 0 saturated heterocycles. The summed E-state index contributed by atoms with van der Waals surface area (Å²) in [6, 6.07) is 3.77. The van der Waals surface area contributed by atoms with Crippen molar-refractivity contribution in [3.05, 3.63) is 46.7 Å². The summed E-state index contributed by atoms with van der Waals surface area (Å²) < 4.78 is 7.50. The molecule has 0 unspecified atom stereocenters. The van der Waals surface area contributed by atoms with Crippen molar-refractivity contribution in [3.63, 3.8) is 0 Å². The fourth-order valence-electron chi connectivity index (χ4n) is 3.07. The number of nitrogens with one attached hydrogen (secondary N) is 1. The minimum absolute atomic E-state index is 0.103. The highest BCUT2D eigenvalue weighted by molar-refractivity contribution is 7.15. The van der Waals surface area contributed by atoms with Gasteiger partial charge in [0.1, 0.15) is 11.5 Å². The number of rotatable bonds is 3. The number of hydrogen-bond donors (Lipinski definition) is 1. The molecule has 0 aromatic carbocycles. The number of thiazole rings is 1. The van der Waals surface area contributed by atoms with E-state index in [0.29, 0.717) is 11.5 Å². The highest BCUT2D eigenvalue weighted by Crippen LogP contribution is 2.28. The minimum Gasteiger partial charge on any atom is -0.462 e. The molecule has 0 fully saturated rings. The van der Waals surface area contributed by atoms with Crippen LogP contribution >= 0.6 is 11.3 Å². The number of hydrogen-bond acceptors (Lipinski definition) is 5. The SMILES string of the molecule is Cc1cn2c(n1)CC[C@@H](NC(=O)c1nc(-c3ccco3)sc1C)C2. The number of fused-ring (bicyclic) bond motifs is 1. The molecule has 0 bridgehead atoms. The van der Waals surface area contributed by atoms with Crippen molar-refractivity contribution in [2.24, 2.45) is 0 Å². The topological polar surface area (TPSA) is 73.0 Å². The normalized spacial score (nSPS) is 16.8. The van der Waals surface area contributed by atoms with Crippen molar-refractivity contribution in [1.29, 1.82) is 0 Å². The molecule has 0 saturated carbocycles. The maximum Gasteiger partial charge on any atom is 0.271 e. The van der Waals surface area contributed by atoms with Crippen LogP contribution in [-0.4, -0.2) is 26.5 Å². The molecule has 4 heterocycles. The quantitative estimate of drug-likeness (QED) is 0.794. The van der Waals surface area contributed by atoms with E-state index in [2.05, 4.69) is 19.9 Å². The molecule has 4 rings (SSSR count). The highest BCUT2D eigenvalue weighted by atomic mass is 32.1. The number of aryl methyl sites for hydroxylation is 3. The second kappa shape index (κ2) is 5.90. The van der Waals surface area contributed by atoms with Gasteiger partial charge < -0.3 is 14.3 Å². The third-order valence-electron chi connectivity index (χ3n) is 4.19. The van der Waals surface area contributed by atoms with Gasteiger partial charge in [0.25, 0.3) is 5.91 Å². The van der Waals surface area contributed by atoms with E-state index in [9.17, 15) is 4.79 Å². The molecule has 124 valence electrons. The molecule has 1 N–H and O–H groups in total. The first kappa shape index (κ1) is 15.1. The zero-order chi connectivity index (χ0) is 16.7. The van der Waals surface area contributed by atoms with Crippen molar-refractivity contribution in [2.45, 2.75) is 39.3 Å². The Morgan fingerprint density at radius 1 is 1.42 bits per heavy atom. The fourth-order valence-corrected chi connectivity index (χ4v) is 3.95. The Kier molecular flexibility index (Phi) is 3.72. The standard InChI is InChI=1S/C17H18N4O2S/c1-10-8-21-9-12(5-6-14(21)18-10)19-16(22)15-11(2)24-17(20-15)13-4-3-7-23-13/h3-4,7-8,12H,5-6,9H2,1-2H3,(H,19,22)/t12-/m1/s1. The summed E-state index contributed by atoms with van der Waals surface area (Å²) >= 11 is 1.47. The Labute approximate surface area is 143 Å². The average Bonchev–Trinajstić information content (AvgIpc) is 3.24. The molecule has 24 heavy (non-hydrogen) atoms. The minimum atomic E-state index is -0.119. The van der Waals surface area contributed by atoms with E-state index in [1.54, 1.807) is 6.26 Å². The van der Waals surface area contributed by atoms with Crippen LogP contribution in [0.15, 0.2) is 29.0 Å². The van der Waals surface area contributed by atoms with Gasteiger partial charge in [0.05, 0.1) is 12.0 Å². The summed E-state index contributed by atoms with van der Waals surface area (Å²) in [5.41, 5.74) is 1.51. The Hall–Kier alpha value is -2.41. The highest BCUT2D eigenvalue weighted by Gasteiger charge is 2.24.